The van der Waals surface area contributed by atoms with Gasteiger partial charge in [-0.15, -0.1) is 22.7 Å². The maximum absolute atomic E-state index is 9.43. The molecule has 2 heterocycles. The molecule has 22 nitrogen and oxygen atoms in total. The monoisotopic (exact) mass is 832 g/mol. The zero-order valence-electron chi connectivity index (χ0n) is 23.8. The van der Waals surface area contributed by atoms with E-state index in [0.29, 0.717) is 22.7 Å². The molecule has 0 bridgehead atoms. The van der Waals surface area contributed by atoms with Gasteiger partial charge in [-0.1, -0.05) is 0 Å². The number of nitrogens with zero attached hydrogens (tertiary/aromatic N) is 4. The fourth-order valence-electron chi connectivity index (χ4n) is 3.56. The van der Waals surface area contributed by atoms with E-state index in [1.54, 1.807) is 31.3 Å². The lowest BCUT2D eigenvalue weighted by molar-refractivity contribution is 0.205. The first-order valence-corrected chi connectivity index (χ1v) is 21.1. The summed E-state index contributed by atoms with van der Waals surface area (Å²) >= 11 is 2.41. The molecule has 0 spiro atoms. The second-order valence-corrected chi connectivity index (χ2v) is 14.4. The summed E-state index contributed by atoms with van der Waals surface area (Å²) in [6, 6.07) is 0. The maximum Gasteiger partial charge on any atom is 0.328 e. The van der Waals surface area contributed by atoms with Crippen molar-refractivity contribution in [2.75, 3.05) is 73.1 Å². The van der Waals surface area contributed by atoms with Gasteiger partial charge >= 0.3 is 51.6 Å². The van der Waals surface area contributed by atoms with Crippen molar-refractivity contribution in [3.63, 3.8) is 0 Å². The van der Waals surface area contributed by atoms with Crippen molar-refractivity contribution in [3.05, 3.63) is 21.5 Å². The van der Waals surface area contributed by atoms with Gasteiger partial charge in [0.05, 0.1) is 22.7 Å². The number of rotatable bonds is 26. The fraction of sp³-hybridized carbons (Fsp3) is 0.529. The van der Waals surface area contributed by atoms with Gasteiger partial charge in [0.2, 0.25) is 0 Å². The molecule has 30 heteroatoms. The third-order valence-electron chi connectivity index (χ3n) is 5.44. The quantitative estimate of drug-likeness (QED) is 0.0469. The molecule has 0 unspecified atom stereocenters. The van der Waals surface area contributed by atoms with E-state index in [1.165, 1.54) is 32.5 Å². The summed E-state index contributed by atoms with van der Waals surface area (Å²) in [4.78, 5) is 117. The molecule has 47 heavy (non-hydrogen) atoms. The molecule has 0 aliphatic heterocycles. The van der Waals surface area contributed by atoms with Crippen molar-refractivity contribution < 1.29 is 85.9 Å². The van der Waals surface area contributed by atoms with Gasteiger partial charge in [0.15, 0.2) is 0 Å². The van der Waals surface area contributed by atoms with Gasteiger partial charge in [0.1, 0.15) is 40.4 Å². The molecule has 2 aromatic rings. The Bertz CT molecular complexity index is 1010. The molecular weight excluding hydrogens is 798 g/mol. The van der Waals surface area contributed by atoms with Crippen LogP contribution in [-0.4, -0.2) is 112 Å². The van der Waals surface area contributed by atoms with Crippen molar-refractivity contribution in [2.45, 2.75) is 6.42 Å². The molecule has 0 fully saturated rings. The van der Waals surface area contributed by atoms with E-state index in [-0.39, 0.29) is 33.0 Å². The largest absolute Gasteiger partial charge is 0.346 e. The van der Waals surface area contributed by atoms with Crippen LogP contribution in [0, 0.1) is 0 Å². The molecule has 0 aliphatic rings. The summed E-state index contributed by atoms with van der Waals surface area (Å²) in [5, 5.41) is 6.58. The van der Waals surface area contributed by atoms with E-state index in [0.717, 1.165) is 0 Å². The molecule has 0 aliphatic carbocycles. The van der Waals surface area contributed by atoms with Crippen LogP contribution in [-0.2, 0) is 27.1 Å². The minimum atomic E-state index is -2.77. The summed E-state index contributed by atoms with van der Waals surface area (Å²) in [6.45, 7) is -2.10. The molecule has 0 aromatic carbocycles. The molecular formula is C17H34N4O18P6S2. The van der Waals surface area contributed by atoms with Crippen LogP contribution in [0.4, 0.5) is 22.7 Å². The van der Waals surface area contributed by atoms with Crippen molar-refractivity contribution in [1.29, 1.82) is 0 Å². The Balaban J connectivity index is 2.32. The van der Waals surface area contributed by atoms with Crippen LogP contribution in [0.1, 0.15) is 6.42 Å². The molecule has 0 atom stereocenters. The molecule has 0 saturated heterocycles. The molecule has 272 valence electrons. The number of thiophene rings is 2. The lowest BCUT2D eigenvalue weighted by atomic mass is 10.3. The number of anilines is 4. The maximum atomic E-state index is 9.43. The Morgan fingerprint density at radius 1 is 0.383 bits per heavy atom. The van der Waals surface area contributed by atoms with E-state index in [1.807, 2.05) is 0 Å². The van der Waals surface area contributed by atoms with E-state index >= 15 is 0 Å². The Morgan fingerprint density at radius 3 is 0.830 bits per heavy atom. The summed E-state index contributed by atoms with van der Waals surface area (Å²) in [7, 11) is -16.6. The van der Waals surface area contributed by atoms with Crippen molar-refractivity contribution in [3.8, 4) is 0 Å². The normalized spacial score (nSPS) is 12.1. The van der Waals surface area contributed by atoms with Gasteiger partial charge in [-0.2, -0.15) is 0 Å². The predicted octanol–water partition coefficient (Wildman–Crippen LogP) is 1.24. The lowest BCUT2D eigenvalue weighted by Gasteiger charge is -2.32. The Morgan fingerprint density at radius 2 is 0.596 bits per heavy atom. The van der Waals surface area contributed by atoms with Crippen molar-refractivity contribution >= 4 is 97.0 Å². The topological polar surface area (TPSA) is 311 Å². The van der Waals surface area contributed by atoms with Gasteiger partial charge in [0, 0.05) is 34.6 Å². The molecule has 0 radical (unpaired) electrons. The Labute approximate surface area is 283 Å². The second kappa shape index (κ2) is 23.8. The average Bonchev–Trinajstić information content (AvgIpc) is 3.66. The lowest BCUT2D eigenvalue weighted by Crippen LogP contribution is -2.35. The third kappa shape index (κ3) is 17.5. The Hall–Kier alpha value is 0.460. The first-order valence-electron chi connectivity index (χ1n) is 12.2. The zero-order valence-corrected chi connectivity index (χ0v) is 30.8. The standard InChI is InChI=1S/C17H34N4O18P6S2/c22-40(23)34-8-18(14-4-46-6-16(14)20(10-36-42(26)27)11-37-43(28)29)2-1-3-19(9-35-41(24)25)15-5-47-7-17(15)21(12-38-44(30)31)13-39-45(32)33/h4-7,22-33H,1-3,8-13H2. The van der Waals surface area contributed by atoms with Crippen LogP contribution < -0.4 is 19.6 Å². The van der Waals surface area contributed by atoms with Crippen molar-refractivity contribution in [2.24, 2.45) is 0 Å². The molecule has 0 saturated carbocycles. The summed E-state index contributed by atoms with van der Waals surface area (Å²) in [5.41, 5.74) is 1.61. The van der Waals surface area contributed by atoms with E-state index < -0.39 is 78.5 Å². The highest BCUT2D eigenvalue weighted by Gasteiger charge is 2.24. The van der Waals surface area contributed by atoms with Crippen LogP contribution in [0.25, 0.3) is 0 Å². The van der Waals surface area contributed by atoms with Crippen LogP contribution in [0.3, 0.4) is 0 Å². The molecule has 0 amide bonds. The summed E-state index contributed by atoms with van der Waals surface area (Å²) < 4.78 is 29.7. The fourth-order valence-corrected chi connectivity index (χ4v) is 6.74. The number of hydrogen-bond acceptors (Lipinski definition) is 24. The van der Waals surface area contributed by atoms with E-state index in [4.69, 9.17) is 27.1 Å². The van der Waals surface area contributed by atoms with Crippen molar-refractivity contribution in [1.82, 2.24) is 0 Å². The van der Waals surface area contributed by atoms with Gasteiger partial charge in [-0.25, -0.2) is 0 Å². The van der Waals surface area contributed by atoms with E-state index in [2.05, 4.69) is 0 Å². The number of hydrogen-bond donors (Lipinski definition) is 12. The first-order chi connectivity index (χ1) is 22.3. The molecule has 2 rings (SSSR count). The SMILES string of the molecule is OP(O)OCN(CCCN(COP(O)O)c1cscc1N(COP(O)O)COP(O)O)c1cscc1N(COP(O)O)COP(O)O. The van der Waals surface area contributed by atoms with Crippen LogP contribution in [0.2, 0.25) is 0 Å². The molecule has 12 N–H and O–H groups in total. The summed E-state index contributed by atoms with van der Waals surface area (Å²) in [6.07, 6.45) is 0.273. The zero-order chi connectivity index (χ0) is 34.9. The van der Waals surface area contributed by atoms with Gasteiger partial charge in [-0.05, 0) is 6.42 Å². The van der Waals surface area contributed by atoms with Crippen LogP contribution in [0.5, 0.6) is 0 Å². The Kier molecular flexibility index (Phi) is 22.1. The van der Waals surface area contributed by atoms with E-state index in [9.17, 15) is 58.7 Å². The van der Waals surface area contributed by atoms with Gasteiger partial charge < -0.3 is 78.3 Å². The van der Waals surface area contributed by atoms with Crippen LogP contribution in [0.15, 0.2) is 21.5 Å². The van der Waals surface area contributed by atoms with Gasteiger partial charge in [0.25, 0.3) is 0 Å². The minimum Gasteiger partial charge on any atom is -0.346 e. The van der Waals surface area contributed by atoms with Crippen LogP contribution >= 0.6 is 74.3 Å². The molecule has 2 aromatic heterocycles. The second-order valence-electron chi connectivity index (χ2n) is 8.31. The minimum absolute atomic E-state index is 0.152. The highest BCUT2D eigenvalue weighted by Crippen LogP contribution is 2.40. The average molecular weight is 832 g/mol. The predicted molar refractivity (Wildman–Crippen MR) is 177 cm³/mol. The smallest absolute Gasteiger partial charge is 0.328 e. The first kappa shape index (κ1) is 43.6. The highest BCUT2D eigenvalue weighted by atomic mass is 32.1. The highest BCUT2D eigenvalue weighted by molar-refractivity contribution is 7.40. The third-order valence-corrected chi connectivity index (χ3v) is 8.95. The van der Waals surface area contributed by atoms with Gasteiger partial charge in [-0.3, -0.25) is 27.1 Å². The summed E-state index contributed by atoms with van der Waals surface area (Å²) in [5.74, 6) is 0.